The first-order chi connectivity index (χ1) is 9.02. The summed E-state index contributed by atoms with van der Waals surface area (Å²) < 4.78 is 18.2. The van der Waals surface area contributed by atoms with Crippen molar-refractivity contribution in [1.82, 2.24) is 0 Å². The summed E-state index contributed by atoms with van der Waals surface area (Å²) in [5, 5.41) is 10.6. The van der Waals surface area contributed by atoms with Crippen LogP contribution in [0, 0.1) is 12.7 Å². The smallest absolute Gasteiger partial charge is 0.124 e. The molecule has 0 aliphatic carbocycles. The van der Waals surface area contributed by atoms with Crippen molar-refractivity contribution < 1.29 is 13.9 Å². The molecule has 2 aromatic rings. The highest BCUT2D eigenvalue weighted by molar-refractivity contribution is 6.31. The highest BCUT2D eigenvalue weighted by atomic mass is 35.5. The largest absolute Gasteiger partial charge is 0.469 e. The van der Waals surface area contributed by atoms with Gasteiger partial charge in [-0.3, -0.25) is 0 Å². The van der Waals surface area contributed by atoms with E-state index in [4.69, 9.17) is 21.8 Å². The Morgan fingerprint density at radius 1 is 1.42 bits per heavy atom. The SMILES string of the molecule is Cc1cc(C(O)C(CN)c2ccc(F)cc2Cl)co1. The minimum absolute atomic E-state index is 0.191. The number of hydrogen-bond donors (Lipinski definition) is 2. The normalized spacial score (nSPS) is 14.4. The van der Waals surface area contributed by atoms with Crippen LogP contribution in [-0.2, 0) is 0 Å². The van der Waals surface area contributed by atoms with Gasteiger partial charge in [-0.2, -0.15) is 0 Å². The molecule has 0 spiro atoms. The number of aliphatic hydroxyl groups is 1. The Morgan fingerprint density at radius 2 is 2.16 bits per heavy atom. The van der Waals surface area contributed by atoms with Crippen LogP contribution in [-0.4, -0.2) is 11.7 Å². The fraction of sp³-hybridized carbons (Fsp3) is 0.286. The Balaban J connectivity index is 2.33. The van der Waals surface area contributed by atoms with Crippen LogP contribution in [0.2, 0.25) is 5.02 Å². The average molecular weight is 284 g/mol. The molecule has 5 heteroatoms. The van der Waals surface area contributed by atoms with E-state index in [1.807, 2.05) is 0 Å². The molecule has 0 aliphatic rings. The van der Waals surface area contributed by atoms with Crippen LogP contribution in [0.3, 0.4) is 0 Å². The maximum atomic E-state index is 13.0. The van der Waals surface area contributed by atoms with Crippen LogP contribution in [0.5, 0.6) is 0 Å². The lowest BCUT2D eigenvalue weighted by Gasteiger charge is -2.22. The second kappa shape index (κ2) is 5.74. The second-order valence-electron chi connectivity index (χ2n) is 4.44. The van der Waals surface area contributed by atoms with E-state index in [0.29, 0.717) is 16.9 Å². The zero-order valence-electron chi connectivity index (χ0n) is 10.4. The van der Waals surface area contributed by atoms with Gasteiger partial charge in [-0.1, -0.05) is 17.7 Å². The summed E-state index contributed by atoms with van der Waals surface area (Å²) in [4.78, 5) is 0. The number of hydrogen-bond acceptors (Lipinski definition) is 3. The van der Waals surface area contributed by atoms with E-state index >= 15 is 0 Å². The minimum Gasteiger partial charge on any atom is -0.469 e. The lowest BCUT2D eigenvalue weighted by molar-refractivity contribution is 0.146. The topological polar surface area (TPSA) is 59.4 Å². The van der Waals surface area contributed by atoms with Gasteiger partial charge in [0.25, 0.3) is 0 Å². The molecular formula is C14H15ClFNO2. The molecule has 0 aliphatic heterocycles. The van der Waals surface area contributed by atoms with E-state index in [2.05, 4.69) is 0 Å². The molecule has 19 heavy (non-hydrogen) atoms. The zero-order valence-corrected chi connectivity index (χ0v) is 11.2. The van der Waals surface area contributed by atoms with Gasteiger partial charge in [0.05, 0.1) is 12.4 Å². The molecule has 2 atom stereocenters. The van der Waals surface area contributed by atoms with Crippen LogP contribution < -0.4 is 5.73 Å². The standard InChI is InChI=1S/C14H15ClFNO2/c1-8-4-9(7-19-8)14(18)12(6-17)11-3-2-10(16)5-13(11)15/h2-5,7,12,14,18H,6,17H2,1H3. The Morgan fingerprint density at radius 3 is 2.68 bits per heavy atom. The van der Waals surface area contributed by atoms with Crippen molar-refractivity contribution in [3.63, 3.8) is 0 Å². The molecule has 0 saturated heterocycles. The van der Waals surface area contributed by atoms with Gasteiger partial charge in [-0.05, 0) is 30.7 Å². The van der Waals surface area contributed by atoms with Gasteiger partial charge in [-0.15, -0.1) is 0 Å². The maximum Gasteiger partial charge on any atom is 0.124 e. The van der Waals surface area contributed by atoms with Gasteiger partial charge in [0, 0.05) is 23.0 Å². The summed E-state index contributed by atoms with van der Waals surface area (Å²) in [5.41, 5.74) is 6.97. The molecule has 0 fully saturated rings. The quantitative estimate of drug-likeness (QED) is 0.906. The molecule has 0 amide bonds. The maximum absolute atomic E-state index is 13.0. The lowest BCUT2D eigenvalue weighted by atomic mass is 9.90. The molecule has 2 unspecified atom stereocenters. The minimum atomic E-state index is -0.842. The number of aliphatic hydroxyl groups excluding tert-OH is 1. The molecule has 3 nitrogen and oxygen atoms in total. The summed E-state index contributed by atoms with van der Waals surface area (Å²) in [6.07, 6.45) is 0.644. The molecule has 1 aromatic carbocycles. The fourth-order valence-corrected chi connectivity index (χ4v) is 2.39. The van der Waals surface area contributed by atoms with Crippen LogP contribution >= 0.6 is 11.6 Å². The Hall–Kier alpha value is -1.36. The van der Waals surface area contributed by atoms with Crippen molar-refractivity contribution >= 4 is 11.6 Å². The molecule has 3 N–H and O–H groups in total. The van der Waals surface area contributed by atoms with Crippen molar-refractivity contribution in [2.75, 3.05) is 6.54 Å². The monoisotopic (exact) mass is 283 g/mol. The molecule has 1 aromatic heterocycles. The molecule has 0 saturated carbocycles. The van der Waals surface area contributed by atoms with E-state index in [9.17, 15) is 9.50 Å². The predicted octanol–water partition coefficient (Wildman–Crippen LogP) is 3.16. The highest BCUT2D eigenvalue weighted by Gasteiger charge is 2.25. The number of aryl methyl sites for hydroxylation is 1. The Labute approximate surface area is 115 Å². The molecule has 2 rings (SSSR count). The molecule has 102 valence electrons. The Bertz CT molecular complexity index is 570. The van der Waals surface area contributed by atoms with Crippen molar-refractivity contribution in [3.05, 3.63) is 58.3 Å². The molecule has 1 heterocycles. The summed E-state index contributed by atoms with van der Waals surface area (Å²) in [5.74, 6) is -0.127. The van der Waals surface area contributed by atoms with Crippen molar-refractivity contribution in [3.8, 4) is 0 Å². The van der Waals surface area contributed by atoms with Gasteiger partial charge in [0.15, 0.2) is 0 Å². The van der Waals surface area contributed by atoms with Crippen LogP contribution in [0.1, 0.15) is 28.9 Å². The van der Waals surface area contributed by atoms with Gasteiger partial charge < -0.3 is 15.3 Å². The summed E-state index contributed by atoms with van der Waals surface area (Å²) in [6.45, 7) is 1.98. The summed E-state index contributed by atoms with van der Waals surface area (Å²) in [6, 6.07) is 5.81. The van der Waals surface area contributed by atoms with Crippen molar-refractivity contribution in [2.24, 2.45) is 5.73 Å². The third-order valence-corrected chi connectivity index (χ3v) is 3.42. The lowest BCUT2D eigenvalue weighted by Crippen LogP contribution is -2.20. The number of benzene rings is 1. The van der Waals surface area contributed by atoms with Crippen LogP contribution in [0.15, 0.2) is 34.9 Å². The zero-order chi connectivity index (χ0) is 14.0. The van der Waals surface area contributed by atoms with Crippen LogP contribution in [0.4, 0.5) is 4.39 Å². The first kappa shape index (κ1) is 14.1. The molecular weight excluding hydrogens is 269 g/mol. The number of rotatable bonds is 4. The first-order valence-corrected chi connectivity index (χ1v) is 6.29. The van der Waals surface area contributed by atoms with E-state index in [0.717, 1.165) is 0 Å². The van der Waals surface area contributed by atoms with Crippen molar-refractivity contribution in [1.29, 1.82) is 0 Å². The number of nitrogens with two attached hydrogens (primary N) is 1. The van der Waals surface area contributed by atoms with E-state index in [1.165, 1.54) is 18.4 Å². The van der Waals surface area contributed by atoms with Gasteiger partial charge >= 0.3 is 0 Å². The predicted molar refractivity (Wildman–Crippen MR) is 71.6 cm³/mol. The molecule has 0 radical (unpaired) electrons. The third kappa shape index (κ3) is 2.97. The summed E-state index contributed by atoms with van der Waals surface area (Å²) in [7, 11) is 0. The first-order valence-electron chi connectivity index (χ1n) is 5.91. The molecule has 0 bridgehead atoms. The van der Waals surface area contributed by atoms with Crippen LogP contribution in [0.25, 0.3) is 0 Å². The average Bonchev–Trinajstić information content (AvgIpc) is 2.79. The van der Waals surface area contributed by atoms with E-state index in [1.54, 1.807) is 19.1 Å². The summed E-state index contributed by atoms with van der Waals surface area (Å²) >= 11 is 6.01. The third-order valence-electron chi connectivity index (χ3n) is 3.09. The van der Waals surface area contributed by atoms with Gasteiger partial charge in [0.2, 0.25) is 0 Å². The Kier molecular flexibility index (Phi) is 4.24. The fourth-order valence-electron chi connectivity index (χ4n) is 2.08. The van der Waals surface area contributed by atoms with Gasteiger partial charge in [0.1, 0.15) is 11.6 Å². The van der Waals surface area contributed by atoms with E-state index < -0.39 is 17.8 Å². The number of furan rings is 1. The van der Waals surface area contributed by atoms with Crippen molar-refractivity contribution in [2.45, 2.75) is 18.9 Å². The second-order valence-corrected chi connectivity index (χ2v) is 4.85. The highest BCUT2D eigenvalue weighted by Crippen LogP contribution is 2.35. The number of halogens is 2. The van der Waals surface area contributed by atoms with Gasteiger partial charge in [-0.25, -0.2) is 4.39 Å². The van der Waals surface area contributed by atoms with E-state index in [-0.39, 0.29) is 11.6 Å².